The van der Waals surface area contributed by atoms with Gasteiger partial charge in [0.25, 0.3) is 0 Å². The summed E-state index contributed by atoms with van der Waals surface area (Å²) < 4.78 is 22.7. The molecule has 0 saturated carbocycles. The van der Waals surface area contributed by atoms with Crippen molar-refractivity contribution < 1.29 is 28.5 Å². The van der Waals surface area contributed by atoms with Gasteiger partial charge in [-0.15, -0.1) is 0 Å². The van der Waals surface area contributed by atoms with E-state index in [2.05, 4.69) is 20.1 Å². The zero-order chi connectivity index (χ0) is 22.7. The molecule has 0 bridgehead atoms. The number of benzene rings is 2. The number of carbonyl (C=O) groups is 2. The van der Waals surface area contributed by atoms with Crippen LogP contribution in [0.4, 0.5) is 0 Å². The Kier molecular flexibility index (Phi) is 6.30. The first-order valence-electron chi connectivity index (χ1n) is 10.7. The Labute approximate surface area is 187 Å². The third-order valence-corrected chi connectivity index (χ3v) is 5.50. The van der Waals surface area contributed by atoms with E-state index in [0.29, 0.717) is 41.9 Å². The molecule has 0 N–H and O–H groups in total. The first kappa shape index (κ1) is 21.7. The van der Waals surface area contributed by atoms with Gasteiger partial charge in [0.15, 0.2) is 0 Å². The summed E-state index contributed by atoms with van der Waals surface area (Å²) in [5, 5.41) is 0. The van der Waals surface area contributed by atoms with Crippen LogP contribution in [-0.4, -0.2) is 18.2 Å². The second kappa shape index (κ2) is 9.30. The number of ether oxygens (including phenoxy) is 4. The van der Waals surface area contributed by atoms with Gasteiger partial charge in [-0.1, -0.05) is 44.3 Å². The Morgan fingerprint density at radius 3 is 1.53 bits per heavy atom. The molecule has 2 aliphatic heterocycles. The van der Waals surface area contributed by atoms with Crippen LogP contribution in [0.25, 0.3) is 0 Å². The summed E-state index contributed by atoms with van der Waals surface area (Å²) in [7, 11) is 0. The highest BCUT2D eigenvalue weighted by molar-refractivity contribution is 5.90. The van der Waals surface area contributed by atoms with Crippen molar-refractivity contribution >= 4 is 11.9 Å². The Bertz CT molecular complexity index is 908. The van der Waals surface area contributed by atoms with E-state index in [1.807, 2.05) is 48.5 Å². The maximum Gasteiger partial charge on any atom is 0.334 e. The van der Waals surface area contributed by atoms with Crippen molar-refractivity contribution in [2.45, 2.75) is 51.1 Å². The number of rotatable bonds is 8. The van der Waals surface area contributed by atoms with Crippen LogP contribution in [-0.2, 0) is 19.1 Å². The third kappa shape index (κ3) is 4.85. The van der Waals surface area contributed by atoms with Crippen LogP contribution < -0.4 is 9.47 Å². The van der Waals surface area contributed by atoms with Gasteiger partial charge in [0.05, 0.1) is 0 Å². The Morgan fingerprint density at radius 2 is 1.22 bits per heavy atom. The van der Waals surface area contributed by atoms with Gasteiger partial charge in [0.2, 0.25) is 6.29 Å². The summed E-state index contributed by atoms with van der Waals surface area (Å²) in [6.45, 7) is 9.51. The molecule has 4 rings (SSSR count). The molecule has 2 aromatic carbocycles. The summed E-state index contributed by atoms with van der Waals surface area (Å²) in [6, 6.07) is 14.9. The summed E-state index contributed by atoms with van der Waals surface area (Å²) >= 11 is 0. The predicted molar refractivity (Wildman–Crippen MR) is 118 cm³/mol. The van der Waals surface area contributed by atoms with Crippen molar-refractivity contribution in [1.82, 2.24) is 0 Å². The minimum atomic E-state index is -0.454. The Hall–Kier alpha value is -3.54. The van der Waals surface area contributed by atoms with Gasteiger partial charge >= 0.3 is 11.9 Å². The van der Waals surface area contributed by atoms with E-state index in [1.54, 1.807) is 0 Å². The van der Waals surface area contributed by atoms with Crippen LogP contribution in [0.1, 0.15) is 55.9 Å². The van der Waals surface area contributed by atoms with E-state index >= 15 is 0 Å². The van der Waals surface area contributed by atoms with Crippen molar-refractivity contribution in [3.63, 3.8) is 0 Å². The maximum absolute atomic E-state index is 11.6. The van der Waals surface area contributed by atoms with Crippen LogP contribution in [0.5, 0.6) is 11.5 Å². The average Bonchev–Trinajstić information content (AvgIpc) is 3.30. The highest BCUT2D eigenvalue weighted by Crippen LogP contribution is 2.34. The van der Waals surface area contributed by atoms with Crippen molar-refractivity contribution in [1.29, 1.82) is 0 Å². The van der Waals surface area contributed by atoms with E-state index in [4.69, 9.17) is 18.9 Å². The highest BCUT2D eigenvalue weighted by Gasteiger charge is 2.29. The molecule has 2 atom stereocenters. The van der Waals surface area contributed by atoms with Gasteiger partial charge in [-0.3, -0.25) is 0 Å². The Morgan fingerprint density at radius 1 is 0.812 bits per heavy atom. The number of hydrogen-bond donors (Lipinski definition) is 0. The van der Waals surface area contributed by atoms with Crippen molar-refractivity contribution in [3.05, 3.63) is 84.0 Å². The lowest BCUT2D eigenvalue weighted by molar-refractivity contribution is -0.140. The number of esters is 2. The molecule has 2 unspecified atom stereocenters. The lowest BCUT2D eigenvalue weighted by atomic mass is 10.1. The second-order valence-corrected chi connectivity index (χ2v) is 8.00. The highest BCUT2D eigenvalue weighted by atomic mass is 16.7. The largest absolute Gasteiger partial charge is 0.455 e. The van der Waals surface area contributed by atoms with Crippen LogP contribution >= 0.6 is 0 Å². The molecule has 6 nitrogen and oxygen atoms in total. The lowest BCUT2D eigenvalue weighted by Gasteiger charge is -2.21. The number of hydrogen-bond acceptors (Lipinski definition) is 6. The molecule has 0 spiro atoms. The molecule has 32 heavy (non-hydrogen) atoms. The summed E-state index contributed by atoms with van der Waals surface area (Å²) in [5.74, 6) is 0.661. The molecule has 2 heterocycles. The molecule has 2 aliphatic rings. The molecule has 6 heteroatoms. The zero-order valence-corrected chi connectivity index (χ0v) is 18.0. The molecule has 0 aromatic heterocycles. The number of cyclic esters (lactones) is 2. The molecule has 0 radical (unpaired) electrons. The molecule has 166 valence electrons. The van der Waals surface area contributed by atoms with Crippen LogP contribution in [0.15, 0.2) is 72.8 Å². The van der Waals surface area contributed by atoms with E-state index in [9.17, 15) is 9.59 Å². The fourth-order valence-electron chi connectivity index (χ4n) is 3.70. The van der Waals surface area contributed by atoms with Gasteiger partial charge in [-0.05, 0) is 41.8 Å². The normalized spacial score (nSPS) is 21.3. The van der Waals surface area contributed by atoms with Crippen molar-refractivity contribution in [2.24, 2.45) is 0 Å². The zero-order valence-electron chi connectivity index (χ0n) is 18.0. The fourth-order valence-corrected chi connectivity index (χ4v) is 3.70. The topological polar surface area (TPSA) is 71.1 Å². The molecule has 2 fully saturated rings. The quantitative estimate of drug-likeness (QED) is 0.316. The first-order valence-corrected chi connectivity index (χ1v) is 10.7. The van der Waals surface area contributed by atoms with Crippen LogP contribution in [0, 0.1) is 0 Å². The monoisotopic (exact) mass is 434 g/mol. The van der Waals surface area contributed by atoms with E-state index in [1.165, 1.54) is 0 Å². The van der Waals surface area contributed by atoms with Crippen molar-refractivity contribution in [3.8, 4) is 11.5 Å². The SMILES string of the molecule is C=C1CC(c2ccc(OC(CCC)Oc3ccc(C4CC(=C)C(=O)O4)cc3)cc2)OC1=O. The predicted octanol–water partition coefficient (Wildman–Crippen LogP) is 5.36. The third-order valence-electron chi connectivity index (χ3n) is 5.50. The van der Waals surface area contributed by atoms with Gasteiger partial charge in [-0.25, -0.2) is 9.59 Å². The van der Waals surface area contributed by atoms with Crippen LogP contribution in [0.3, 0.4) is 0 Å². The average molecular weight is 434 g/mol. The van der Waals surface area contributed by atoms with E-state index in [-0.39, 0.29) is 24.1 Å². The van der Waals surface area contributed by atoms with Gasteiger partial charge < -0.3 is 18.9 Å². The fraction of sp³-hybridized carbons (Fsp3) is 0.308. The number of carbonyl (C=O) groups excluding carboxylic acids is 2. The summed E-state index contributed by atoms with van der Waals surface area (Å²) in [5.41, 5.74) is 2.80. The maximum atomic E-state index is 11.6. The second-order valence-electron chi connectivity index (χ2n) is 8.00. The Balaban J connectivity index is 1.37. The minimum absolute atomic E-state index is 0.290. The van der Waals surface area contributed by atoms with Gasteiger partial charge in [-0.2, -0.15) is 0 Å². The molecule has 2 aromatic rings. The smallest absolute Gasteiger partial charge is 0.334 e. The van der Waals surface area contributed by atoms with Crippen LogP contribution in [0.2, 0.25) is 0 Å². The molecule has 0 aliphatic carbocycles. The first-order chi connectivity index (χ1) is 15.4. The lowest BCUT2D eigenvalue weighted by Crippen LogP contribution is -2.23. The van der Waals surface area contributed by atoms with Gasteiger partial charge in [0, 0.05) is 30.4 Å². The molecular weight excluding hydrogens is 408 g/mol. The van der Waals surface area contributed by atoms with Crippen molar-refractivity contribution in [2.75, 3.05) is 0 Å². The van der Waals surface area contributed by atoms with E-state index in [0.717, 1.165) is 17.5 Å². The molecular formula is C26H26O6. The molecule has 0 amide bonds. The minimum Gasteiger partial charge on any atom is -0.455 e. The summed E-state index contributed by atoms with van der Waals surface area (Å²) in [6.07, 6.45) is 1.58. The molecule has 2 saturated heterocycles. The standard InChI is InChI=1S/C26H26O6/c1-4-5-24(29-20-10-6-18(7-11-20)22-14-16(2)25(27)31-22)30-21-12-8-19(9-13-21)23-15-17(3)26(28)32-23/h6-13,22-24H,2-5,14-15H2,1H3. The van der Waals surface area contributed by atoms with E-state index < -0.39 is 6.29 Å². The summed E-state index contributed by atoms with van der Waals surface area (Å²) in [4.78, 5) is 23.1. The van der Waals surface area contributed by atoms with Gasteiger partial charge in [0.1, 0.15) is 23.7 Å².